The summed E-state index contributed by atoms with van der Waals surface area (Å²) >= 11 is 0. The van der Waals surface area contributed by atoms with Crippen LogP contribution in [0.2, 0.25) is 0 Å². The van der Waals surface area contributed by atoms with Crippen LogP contribution in [0.1, 0.15) is 31.4 Å². The number of unbranched alkanes of at least 4 members (excludes halogenated alkanes) is 1. The number of pyridine rings is 1. The van der Waals surface area contributed by atoms with Crippen LogP contribution in [0.5, 0.6) is 0 Å². The van der Waals surface area contributed by atoms with E-state index in [4.69, 9.17) is 4.74 Å². The van der Waals surface area contributed by atoms with Crippen LogP contribution in [0, 0.1) is 0 Å². The SMILES string of the molecule is CCCCOC(C[n+]1ccccc1)c1ccccc1.[Br-]. The van der Waals surface area contributed by atoms with Crippen LogP contribution in [-0.4, -0.2) is 6.61 Å². The zero-order valence-electron chi connectivity index (χ0n) is 11.9. The fourth-order valence-corrected chi connectivity index (χ4v) is 2.04. The van der Waals surface area contributed by atoms with Gasteiger partial charge in [0.05, 0.1) is 0 Å². The molecule has 0 N–H and O–H groups in total. The lowest BCUT2D eigenvalue weighted by Crippen LogP contribution is -3.00. The molecule has 2 aromatic rings. The Kier molecular flexibility index (Phi) is 8.16. The molecule has 0 spiro atoms. The molecule has 2 rings (SSSR count). The first-order chi connectivity index (χ1) is 9.40. The molecule has 0 aliphatic heterocycles. The highest BCUT2D eigenvalue weighted by atomic mass is 79.9. The minimum atomic E-state index is 0. The second kappa shape index (κ2) is 9.67. The van der Waals surface area contributed by atoms with Gasteiger partial charge in [0.1, 0.15) is 6.10 Å². The number of hydrogen-bond acceptors (Lipinski definition) is 1. The van der Waals surface area contributed by atoms with Gasteiger partial charge in [-0.05, 0) is 12.0 Å². The van der Waals surface area contributed by atoms with E-state index in [1.54, 1.807) is 0 Å². The Morgan fingerprint density at radius 1 is 1.00 bits per heavy atom. The lowest BCUT2D eigenvalue weighted by Gasteiger charge is -2.15. The van der Waals surface area contributed by atoms with Crippen molar-refractivity contribution in [2.45, 2.75) is 32.4 Å². The van der Waals surface area contributed by atoms with Crippen molar-refractivity contribution >= 4 is 0 Å². The molecule has 3 heteroatoms. The molecule has 0 fully saturated rings. The smallest absolute Gasteiger partial charge is 0.178 e. The fraction of sp³-hybridized carbons (Fsp3) is 0.353. The first kappa shape index (κ1) is 16.9. The molecule has 108 valence electrons. The van der Waals surface area contributed by atoms with Gasteiger partial charge in [0.25, 0.3) is 0 Å². The Balaban J connectivity index is 0.00000200. The molecular weight excluding hydrogens is 314 g/mol. The van der Waals surface area contributed by atoms with Crippen LogP contribution in [0.4, 0.5) is 0 Å². The quantitative estimate of drug-likeness (QED) is 0.531. The van der Waals surface area contributed by atoms with Crippen LogP contribution in [0.25, 0.3) is 0 Å². The van der Waals surface area contributed by atoms with Crippen molar-refractivity contribution in [1.82, 2.24) is 0 Å². The van der Waals surface area contributed by atoms with E-state index in [2.05, 4.69) is 48.1 Å². The standard InChI is InChI=1S/C17H22NO.BrH/c1-2-3-14-19-17(16-10-6-4-7-11-16)15-18-12-8-5-9-13-18;/h4-13,17H,2-3,14-15H2,1H3;1H/q+1;/p-1. The highest BCUT2D eigenvalue weighted by Crippen LogP contribution is 2.17. The third-order valence-corrected chi connectivity index (χ3v) is 3.14. The summed E-state index contributed by atoms with van der Waals surface area (Å²) in [5.41, 5.74) is 1.25. The summed E-state index contributed by atoms with van der Waals surface area (Å²) in [5, 5.41) is 0. The van der Waals surface area contributed by atoms with Crippen molar-refractivity contribution < 1.29 is 26.3 Å². The Bertz CT molecular complexity index is 461. The molecule has 20 heavy (non-hydrogen) atoms. The van der Waals surface area contributed by atoms with Gasteiger partial charge in [-0.2, -0.15) is 0 Å². The van der Waals surface area contributed by atoms with E-state index in [-0.39, 0.29) is 23.1 Å². The lowest BCUT2D eigenvalue weighted by molar-refractivity contribution is -0.705. The molecule has 0 aliphatic rings. The molecule has 1 aromatic carbocycles. The summed E-state index contributed by atoms with van der Waals surface area (Å²) in [7, 11) is 0. The Labute approximate surface area is 132 Å². The van der Waals surface area contributed by atoms with Crippen molar-refractivity contribution in [1.29, 1.82) is 0 Å². The van der Waals surface area contributed by atoms with Gasteiger partial charge in [-0.25, -0.2) is 4.57 Å². The van der Waals surface area contributed by atoms with E-state index in [1.807, 2.05) is 24.3 Å². The van der Waals surface area contributed by atoms with E-state index in [9.17, 15) is 0 Å². The largest absolute Gasteiger partial charge is 1.00 e. The van der Waals surface area contributed by atoms with Gasteiger partial charge < -0.3 is 21.7 Å². The minimum Gasteiger partial charge on any atom is -1.00 e. The summed E-state index contributed by atoms with van der Waals surface area (Å²) in [6.45, 7) is 3.87. The molecule has 0 bridgehead atoms. The first-order valence-corrected chi connectivity index (χ1v) is 7.01. The predicted molar refractivity (Wildman–Crippen MR) is 76.7 cm³/mol. The number of rotatable bonds is 7. The highest BCUT2D eigenvalue weighted by molar-refractivity contribution is 5.17. The summed E-state index contributed by atoms with van der Waals surface area (Å²) in [4.78, 5) is 0. The third-order valence-electron chi connectivity index (χ3n) is 3.14. The molecule has 0 saturated carbocycles. The number of nitrogens with zero attached hydrogens (tertiary/aromatic N) is 1. The van der Waals surface area contributed by atoms with Crippen LogP contribution >= 0.6 is 0 Å². The summed E-state index contributed by atoms with van der Waals surface area (Å²) in [6, 6.07) is 16.6. The average Bonchev–Trinajstić information content (AvgIpc) is 2.48. The Hall–Kier alpha value is -1.19. The maximum atomic E-state index is 6.05. The van der Waals surface area contributed by atoms with Gasteiger partial charge >= 0.3 is 0 Å². The van der Waals surface area contributed by atoms with Crippen molar-refractivity contribution in [2.24, 2.45) is 0 Å². The molecule has 0 radical (unpaired) electrons. The van der Waals surface area contributed by atoms with E-state index < -0.39 is 0 Å². The van der Waals surface area contributed by atoms with Gasteiger partial charge in [-0.15, -0.1) is 0 Å². The highest BCUT2D eigenvalue weighted by Gasteiger charge is 2.16. The molecule has 1 heterocycles. The zero-order chi connectivity index (χ0) is 13.3. The second-order valence-electron chi connectivity index (χ2n) is 4.70. The minimum absolute atomic E-state index is 0. The molecule has 0 amide bonds. The molecule has 1 unspecified atom stereocenters. The second-order valence-corrected chi connectivity index (χ2v) is 4.70. The number of halogens is 1. The molecule has 2 nitrogen and oxygen atoms in total. The summed E-state index contributed by atoms with van der Waals surface area (Å²) in [5.74, 6) is 0. The van der Waals surface area contributed by atoms with Crippen LogP contribution in [-0.2, 0) is 11.3 Å². The topological polar surface area (TPSA) is 13.1 Å². The van der Waals surface area contributed by atoms with E-state index in [0.29, 0.717) is 0 Å². The van der Waals surface area contributed by atoms with E-state index in [0.717, 1.165) is 19.6 Å². The van der Waals surface area contributed by atoms with Gasteiger partial charge in [-0.3, -0.25) is 0 Å². The van der Waals surface area contributed by atoms with Crippen molar-refractivity contribution in [3.05, 3.63) is 66.5 Å². The van der Waals surface area contributed by atoms with Gasteiger partial charge in [-0.1, -0.05) is 49.7 Å². The van der Waals surface area contributed by atoms with Gasteiger partial charge in [0.15, 0.2) is 18.9 Å². The predicted octanol–water partition coefficient (Wildman–Crippen LogP) is 0.536. The normalized spacial score (nSPS) is 11.7. The van der Waals surface area contributed by atoms with Crippen LogP contribution in [0.3, 0.4) is 0 Å². The van der Waals surface area contributed by atoms with Crippen molar-refractivity contribution in [3.63, 3.8) is 0 Å². The lowest BCUT2D eigenvalue weighted by atomic mass is 10.1. The molecule has 1 aromatic heterocycles. The van der Waals surface area contributed by atoms with Gasteiger partial charge in [0, 0.05) is 18.7 Å². The van der Waals surface area contributed by atoms with Crippen molar-refractivity contribution in [3.8, 4) is 0 Å². The third kappa shape index (κ3) is 5.43. The number of aromatic nitrogens is 1. The number of ether oxygens (including phenoxy) is 1. The van der Waals surface area contributed by atoms with Crippen molar-refractivity contribution in [2.75, 3.05) is 6.61 Å². The Morgan fingerprint density at radius 3 is 2.30 bits per heavy atom. The fourth-order valence-electron chi connectivity index (χ4n) is 2.04. The summed E-state index contributed by atoms with van der Waals surface area (Å²) in [6.07, 6.45) is 6.57. The maximum absolute atomic E-state index is 6.05. The molecule has 1 atom stereocenters. The van der Waals surface area contributed by atoms with Gasteiger partial charge in [0.2, 0.25) is 0 Å². The average molecular weight is 336 g/mol. The first-order valence-electron chi connectivity index (χ1n) is 7.01. The molecular formula is C17H22BrNO. The van der Waals surface area contributed by atoms with E-state index in [1.165, 1.54) is 12.0 Å². The number of hydrogen-bond donors (Lipinski definition) is 0. The molecule has 0 aliphatic carbocycles. The number of benzene rings is 1. The Morgan fingerprint density at radius 2 is 1.65 bits per heavy atom. The van der Waals surface area contributed by atoms with E-state index >= 15 is 0 Å². The zero-order valence-corrected chi connectivity index (χ0v) is 13.5. The van der Waals surface area contributed by atoms with Crippen LogP contribution in [0.15, 0.2) is 60.9 Å². The maximum Gasteiger partial charge on any atom is 0.178 e. The molecule has 0 saturated heterocycles. The summed E-state index contributed by atoms with van der Waals surface area (Å²) < 4.78 is 8.22. The monoisotopic (exact) mass is 335 g/mol. The van der Waals surface area contributed by atoms with Crippen LogP contribution < -0.4 is 21.5 Å².